The number of nitrogen functional groups attached to an aromatic ring is 1. The maximum atomic E-state index is 5.96. The van der Waals surface area contributed by atoms with E-state index in [0.717, 1.165) is 31.6 Å². The van der Waals surface area contributed by atoms with Crippen molar-refractivity contribution in [3.63, 3.8) is 0 Å². The number of ether oxygens (including phenoxy) is 2. The smallest absolute Gasteiger partial charge is 0.0599 e. The van der Waals surface area contributed by atoms with Crippen LogP contribution in [0.25, 0.3) is 0 Å². The van der Waals surface area contributed by atoms with Gasteiger partial charge in [-0.2, -0.15) is 0 Å². The van der Waals surface area contributed by atoms with Crippen LogP contribution < -0.4 is 5.73 Å². The van der Waals surface area contributed by atoms with Gasteiger partial charge >= 0.3 is 0 Å². The Labute approximate surface area is 116 Å². The number of nitrogens with two attached hydrogens (primary N) is 1. The van der Waals surface area contributed by atoms with Gasteiger partial charge in [-0.3, -0.25) is 0 Å². The van der Waals surface area contributed by atoms with Crippen LogP contribution in [0.15, 0.2) is 24.3 Å². The minimum absolute atomic E-state index is 0.394. The fraction of sp³-hybridized carbons (Fsp3) is 0.625. The second kappa shape index (κ2) is 7.51. The number of benzene rings is 1. The number of aryl methyl sites for hydroxylation is 1. The first kappa shape index (κ1) is 14.4. The molecule has 0 heterocycles. The number of hydrogen-bond donors (Lipinski definition) is 1. The summed E-state index contributed by atoms with van der Waals surface area (Å²) >= 11 is 0. The van der Waals surface area contributed by atoms with Crippen molar-refractivity contribution in [3.8, 4) is 0 Å². The molecule has 3 nitrogen and oxygen atoms in total. The average Bonchev–Trinajstić information content (AvgIpc) is 2.46. The molecule has 2 rings (SSSR count). The van der Waals surface area contributed by atoms with Gasteiger partial charge < -0.3 is 15.2 Å². The summed E-state index contributed by atoms with van der Waals surface area (Å²) in [6.45, 7) is 0.839. The summed E-state index contributed by atoms with van der Waals surface area (Å²) in [7, 11) is 1.80. The van der Waals surface area contributed by atoms with E-state index in [1.807, 2.05) is 12.1 Å². The van der Waals surface area contributed by atoms with Gasteiger partial charge in [0.25, 0.3) is 0 Å². The van der Waals surface area contributed by atoms with Gasteiger partial charge in [0, 0.05) is 19.4 Å². The highest BCUT2D eigenvalue weighted by Crippen LogP contribution is 2.23. The van der Waals surface area contributed by atoms with E-state index in [9.17, 15) is 0 Å². The largest absolute Gasteiger partial charge is 0.399 e. The Morgan fingerprint density at radius 2 is 1.89 bits per heavy atom. The van der Waals surface area contributed by atoms with Gasteiger partial charge in [-0.15, -0.1) is 0 Å². The first-order chi connectivity index (χ1) is 9.28. The van der Waals surface area contributed by atoms with Gasteiger partial charge in [-0.05, 0) is 56.2 Å². The van der Waals surface area contributed by atoms with Gasteiger partial charge in [0.2, 0.25) is 0 Å². The minimum atomic E-state index is 0.394. The first-order valence-electron chi connectivity index (χ1n) is 7.26. The Morgan fingerprint density at radius 3 is 2.63 bits per heavy atom. The van der Waals surface area contributed by atoms with Crippen LogP contribution in [0, 0.1) is 0 Å². The summed E-state index contributed by atoms with van der Waals surface area (Å²) in [5, 5.41) is 0. The predicted molar refractivity (Wildman–Crippen MR) is 78.2 cm³/mol. The fourth-order valence-corrected chi connectivity index (χ4v) is 2.68. The number of anilines is 1. The first-order valence-corrected chi connectivity index (χ1v) is 7.26. The molecule has 1 aliphatic carbocycles. The monoisotopic (exact) mass is 263 g/mol. The van der Waals surface area contributed by atoms with Crippen LogP contribution in [0.3, 0.4) is 0 Å². The van der Waals surface area contributed by atoms with Crippen molar-refractivity contribution in [2.75, 3.05) is 19.5 Å². The van der Waals surface area contributed by atoms with E-state index < -0.39 is 0 Å². The molecule has 0 bridgehead atoms. The zero-order chi connectivity index (χ0) is 13.5. The maximum Gasteiger partial charge on any atom is 0.0599 e. The van der Waals surface area contributed by atoms with E-state index in [2.05, 4.69) is 12.1 Å². The van der Waals surface area contributed by atoms with Gasteiger partial charge in [-0.25, -0.2) is 0 Å². The molecule has 19 heavy (non-hydrogen) atoms. The molecule has 1 aromatic carbocycles. The van der Waals surface area contributed by atoms with Crippen LogP contribution >= 0.6 is 0 Å². The Balaban J connectivity index is 1.62. The molecule has 1 fully saturated rings. The molecule has 0 aromatic heterocycles. The number of rotatable bonds is 6. The molecule has 1 aliphatic rings. The highest BCUT2D eigenvalue weighted by atomic mass is 16.5. The molecule has 1 aromatic rings. The third-order valence-corrected chi connectivity index (χ3v) is 3.85. The summed E-state index contributed by atoms with van der Waals surface area (Å²) in [5.74, 6) is 0. The highest BCUT2D eigenvalue weighted by Gasteiger charge is 2.21. The lowest BCUT2D eigenvalue weighted by molar-refractivity contribution is -0.0298. The molecule has 106 valence electrons. The Morgan fingerprint density at radius 1 is 1.16 bits per heavy atom. The van der Waals surface area contributed by atoms with Crippen molar-refractivity contribution in [3.05, 3.63) is 29.8 Å². The predicted octanol–water partition coefficient (Wildman–Crippen LogP) is 3.18. The third-order valence-electron chi connectivity index (χ3n) is 3.85. The molecule has 2 unspecified atom stereocenters. The van der Waals surface area contributed by atoms with Gasteiger partial charge in [0.05, 0.1) is 12.2 Å². The summed E-state index contributed by atoms with van der Waals surface area (Å²) in [6.07, 6.45) is 7.56. The van der Waals surface area contributed by atoms with Crippen molar-refractivity contribution < 1.29 is 9.47 Å². The molecule has 2 atom stereocenters. The Kier molecular flexibility index (Phi) is 5.67. The standard InChI is InChI=1S/C16H25NO2/c1-18-15-5-2-6-16(12-15)19-11-3-4-13-7-9-14(17)10-8-13/h7-10,15-16H,2-6,11-12,17H2,1H3. The van der Waals surface area contributed by atoms with Crippen molar-refractivity contribution in [2.24, 2.45) is 0 Å². The molecule has 2 N–H and O–H groups in total. The van der Waals surface area contributed by atoms with Crippen molar-refractivity contribution >= 4 is 5.69 Å². The van der Waals surface area contributed by atoms with Crippen molar-refractivity contribution in [2.45, 2.75) is 50.7 Å². The molecule has 1 saturated carbocycles. The molecular formula is C16H25NO2. The van der Waals surface area contributed by atoms with E-state index in [1.54, 1.807) is 7.11 Å². The van der Waals surface area contributed by atoms with Crippen LogP contribution in [0.2, 0.25) is 0 Å². The average molecular weight is 263 g/mol. The molecule has 0 saturated heterocycles. The quantitative estimate of drug-likeness (QED) is 0.633. The van der Waals surface area contributed by atoms with Crippen LogP contribution in [0.4, 0.5) is 5.69 Å². The lowest BCUT2D eigenvalue weighted by Crippen LogP contribution is -2.27. The highest BCUT2D eigenvalue weighted by molar-refractivity contribution is 5.39. The van der Waals surface area contributed by atoms with Crippen molar-refractivity contribution in [1.29, 1.82) is 0 Å². The molecule has 3 heteroatoms. The van der Waals surface area contributed by atoms with E-state index >= 15 is 0 Å². The Hall–Kier alpha value is -1.06. The second-order valence-electron chi connectivity index (χ2n) is 5.36. The second-order valence-corrected chi connectivity index (χ2v) is 5.36. The van der Waals surface area contributed by atoms with Gasteiger partial charge in [-0.1, -0.05) is 12.1 Å². The van der Waals surface area contributed by atoms with Crippen molar-refractivity contribution in [1.82, 2.24) is 0 Å². The fourth-order valence-electron chi connectivity index (χ4n) is 2.68. The topological polar surface area (TPSA) is 44.5 Å². The number of methoxy groups -OCH3 is 1. The molecule has 0 amide bonds. The van der Waals surface area contributed by atoms with E-state index in [4.69, 9.17) is 15.2 Å². The van der Waals surface area contributed by atoms with Gasteiger partial charge in [0.1, 0.15) is 0 Å². The third kappa shape index (κ3) is 4.84. The van der Waals surface area contributed by atoms with Crippen LogP contribution in [0.5, 0.6) is 0 Å². The summed E-state index contributed by atoms with van der Waals surface area (Å²) in [4.78, 5) is 0. The zero-order valence-electron chi connectivity index (χ0n) is 11.8. The molecular weight excluding hydrogens is 238 g/mol. The SMILES string of the molecule is COC1CCCC(OCCCc2ccc(N)cc2)C1. The normalized spacial score (nSPS) is 23.4. The summed E-state index contributed by atoms with van der Waals surface area (Å²) in [6, 6.07) is 8.11. The molecule has 0 aliphatic heterocycles. The molecule has 0 radical (unpaired) electrons. The minimum Gasteiger partial charge on any atom is -0.399 e. The van der Waals surface area contributed by atoms with Gasteiger partial charge in [0.15, 0.2) is 0 Å². The van der Waals surface area contributed by atoms with E-state index in [-0.39, 0.29) is 0 Å². The Bertz CT molecular complexity index is 364. The molecule has 0 spiro atoms. The lowest BCUT2D eigenvalue weighted by atomic mass is 9.95. The summed E-state index contributed by atoms with van der Waals surface area (Å²) in [5.41, 5.74) is 7.83. The van der Waals surface area contributed by atoms with E-state index in [0.29, 0.717) is 12.2 Å². The number of hydrogen-bond acceptors (Lipinski definition) is 3. The van der Waals surface area contributed by atoms with Crippen LogP contribution in [0.1, 0.15) is 37.7 Å². The summed E-state index contributed by atoms with van der Waals surface area (Å²) < 4.78 is 11.4. The van der Waals surface area contributed by atoms with E-state index in [1.165, 1.54) is 24.8 Å². The maximum absolute atomic E-state index is 5.96. The van der Waals surface area contributed by atoms with Crippen LogP contribution in [-0.4, -0.2) is 25.9 Å². The van der Waals surface area contributed by atoms with Crippen LogP contribution in [-0.2, 0) is 15.9 Å². The lowest BCUT2D eigenvalue weighted by Gasteiger charge is -2.28. The zero-order valence-corrected chi connectivity index (χ0v) is 11.8.